The molecule has 0 radical (unpaired) electrons. The van der Waals surface area contributed by atoms with E-state index in [-0.39, 0.29) is 0 Å². The first-order valence-electron chi connectivity index (χ1n) is 7.55. The van der Waals surface area contributed by atoms with Crippen molar-refractivity contribution in [2.45, 2.75) is 44.7 Å². The summed E-state index contributed by atoms with van der Waals surface area (Å²) in [6, 6.07) is 0.334. The Kier molecular flexibility index (Phi) is 10.6. The van der Waals surface area contributed by atoms with Gasteiger partial charge in [0.15, 0.2) is 0 Å². The van der Waals surface area contributed by atoms with E-state index in [9.17, 15) is 9.90 Å². The Labute approximate surface area is 128 Å². The van der Waals surface area contributed by atoms with Crippen LogP contribution in [0.2, 0.25) is 0 Å². The van der Waals surface area contributed by atoms with Crippen LogP contribution in [0.4, 0.5) is 0 Å². The molecule has 0 aliphatic rings. The maximum absolute atomic E-state index is 11.2. The molecule has 0 aliphatic heterocycles. The van der Waals surface area contributed by atoms with Gasteiger partial charge in [-0.1, -0.05) is 0 Å². The molecule has 0 bridgehead atoms. The molecular formula is C15H32N2O4. The number of methoxy groups -OCH3 is 2. The van der Waals surface area contributed by atoms with Crippen LogP contribution in [0.5, 0.6) is 0 Å². The lowest BCUT2D eigenvalue weighted by Gasteiger charge is -2.29. The Balaban J connectivity index is 4.20. The number of ether oxygens (including phenoxy) is 2. The zero-order valence-electron chi connectivity index (χ0n) is 14.1. The SMILES string of the molecule is CNC(C)(CCCCN(CCOC)C(C)COC)C(=O)O. The van der Waals surface area contributed by atoms with E-state index in [2.05, 4.69) is 17.1 Å². The summed E-state index contributed by atoms with van der Waals surface area (Å²) in [6.07, 6.45) is 2.45. The maximum atomic E-state index is 11.2. The van der Waals surface area contributed by atoms with Crippen molar-refractivity contribution in [3.8, 4) is 0 Å². The molecule has 126 valence electrons. The molecular weight excluding hydrogens is 272 g/mol. The summed E-state index contributed by atoms with van der Waals surface area (Å²) in [4.78, 5) is 13.5. The molecule has 2 atom stereocenters. The fraction of sp³-hybridized carbons (Fsp3) is 0.933. The predicted octanol–water partition coefficient (Wildman–Crippen LogP) is 1.20. The van der Waals surface area contributed by atoms with E-state index in [1.165, 1.54) is 0 Å². The van der Waals surface area contributed by atoms with Crippen LogP contribution >= 0.6 is 0 Å². The first-order valence-corrected chi connectivity index (χ1v) is 7.55. The van der Waals surface area contributed by atoms with Crippen molar-refractivity contribution >= 4 is 5.97 Å². The van der Waals surface area contributed by atoms with Gasteiger partial charge in [0.2, 0.25) is 0 Å². The Morgan fingerprint density at radius 2 is 1.95 bits per heavy atom. The minimum atomic E-state index is -0.838. The number of rotatable bonds is 13. The number of hydrogen-bond donors (Lipinski definition) is 2. The molecule has 0 fully saturated rings. The molecule has 0 heterocycles. The summed E-state index contributed by atoms with van der Waals surface area (Å²) in [7, 11) is 5.10. The second-order valence-corrected chi connectivity index (χ2v) is 5.68. The highest BCUT2D eigenvalue weighted by Crippen LogP contribution is 2.14. The van der Waals surface area contributed by atoms with Crippen LogP contribution in [-0.4, -0.2) is 75.1 Å². The average molecular weight is 304 g/mol. The lowest BCUT2D eigenvalue weighted by molar-refractivity contribution is -0.144. The minimum absolute atomic E-state index is 0.334. The molecule has 0 spiro atoms. The molecule has 0 aromatic carbocycles. The molecule has 2 unspecified atom stereocenters. The number of carboxylic acids is 1. The predicted molar refractivity (Wildman–Crippen MR) is 83.7 cm³/mol. The van der Waals surface area contributed by atoms with Gasteiger partial charge >= 0.3 is 5.97 Å². The number of carboxylic acid groups (broad SMARTS) is 1. The lowest BCUT2D eigenvalue weighted by Crippen LogP contribution is -2.47. The lowest BCUT2D eigenvalue weighted by atomic mass is 9.95. The molecule has 2 N–H and O–H groups in total. The van der Waals surface area contributed by atoms with Crippen molar-refractivity contribution in [3.63, 3.8) is 0 Å². The van der Waals surface area contributed by atoms with Crippen molar-refractivity contribution in [3.05, 3.63) is 0 Å². The fourth-order valence-corrected chi connectivity index (χ4v) is 2.24. The monoisotopic (exact) mass is 304 g/mol. The molecule has 6 heteroatoms. The van der Waals surface area contributed by atoms with E-state index in [0.717, 1.165) is 25.9 Å². The zero-order valence-corrected chi connectivity index (χ0v) is 14.1. The quantitative estimate of drug-likeness (QED) is 0.498. The smallest absolute Gasteiger partial charge is 0.323 e. The van der Waals surface area contributed by atoms with E-state index in [1.54, 1.807) is 28.2 Å². The van der Waals surface area contributed by atoms with Crippen LogP contribution in [0.25, 0.3) is 0 Å². The highest BCUT2D eigenvalue weighted by Gasteiger charge is 2.30. The van der Waals surface area contributed by atoms with Gasteiger partial charge in [-0.15, -0.1) is 0 Å². The fourth-order valence-electron chi connectivity index (χ4n) is 2.24. The van der Waals surface area contributed by atoms with E-state index in [0.29, 0.717) is 25.7 Å². The van der Waals surface area contributed by atoms with Crippen LogP contribution in [-0.2, 0) is 14.3 Å². The van der Waals surface area contributed by atoms with Gasteiger partial charge < -0.3 is 19.9 Å². The second kappa shape index (κ2) is 11.0. The second-order valence-electron chi connectivity index (χ2n) is 5.68. The van der Waals surface area contributed by atoms with Gasteiger partial charge in [0.1, 0.15) is 5.54 Å². The van der Waals surface area contributed by atoms with Crippen LogP contribution < -0.4 is 5.32 Å². The largest absolute Gasteiger partial charge is 0.480 e. The number of carbonyl (C=O) groups is 1. The highest BCUT2D eigenvalue weighted by molar-refractivity contribution is 5.78. The number of aliphatic carboxylic acids is 1. The summed E-state index contributed by atoms with van der Waals surface area (Å²) in [5, 5.41) is 12.1. The van der Waals surface area contributed by atoms with Crippen molar-refractivity contribution in [2.24, 2.45) is 0 Å². The van der Waals surface area contributed by atoms with Gasteiger partial charge in [0, 0.05) is 26.8 Å². The molecule has 21 heavy (non-hydrogen) atoms. The Morgan fingerprint density at radius 3 is 2.43 bits per heavy atom. The van der Waals surface area contributed by atoms with Crippen molar-refractivity contribution < 1.29 is 19.4 Å². The number of hydrogen-bond acceptors (Lipinski definition) is 5. The molecule has 0 saturated carbocycles. The van der Waals surface area contributed by atoms with Gasteiger partial charge in [-0.3, -0.25) is 9.69 Å². The first kappa shape index (κ1) is 20.3. The zero-order chi connectivity index (χ0) is 16.3. The molecule has 0 aromatic heterocycles. The molecule has 0 amide bonds. The molecule has 0 rings (SSSR count). The van der Waals surface area contributed by atoms with E-state index in [4.69, 9.17) is 9.47 Å². The number of nitrogens with zero attached hydrogens (tertiary/aromatic N) is 1. The molecule has 0 aromatic rings. The number of likely N-dealkylation sites (N-methyl/N-ethyl adjacent to an activating group) is 1. The topological polar surface area (TPSA) is 71.0 Å². The molecule has 0 saturated heterocycles. The van der Waals surface area contributed by atoms with E-state index >= 15 is 0 Å². The van der Waals surface area contributed by atoms with E-state index in [1.807, 2.05) is 0 Å². The van der Waals surface area contributed by atoms with Gasteiger partial charge in [-0.2, -0.15) is 0 Å². The summed E-state index contributed by atoms with van der Waals surface area (Å²) in [5.74, 6) is -0.797. The van der Waals surface area contributed by atoms with E-state index < -0.39 is 11.5 Å². The summed E-state index contributed by atoms with van der Waals surface area (Å²) in [5.41, 5.74) is -0.838. The van der Waals surface area contributed by atoms with Gasteiger partial charge in [0.25, 0.3) is 0 Å². The average Bonchev–Trinajstić information content (AvgIpc) is 2.46. The Hall–Kier alpha value is -0.690. The Morgan fingerprint density at radius 1 is 1.29 bits per heavy atom. The van der Waals surface area contributed by atoms with Crippen LogP contribution in [0.15, 0.2) is 0 Å². The third kappa shape index (κ3) is 7.76. The van der Waals surface area contributed by atoms with Crippen molar-refractivity contribution in [1.82, 2.24) is 10.2 Å². The number of nitrogens with one attached hydrogen (secondary N) is 1. The van der Waals surface area contributed by atoms with Gasteiger partial charge in [-0.05, 0) is 46.7 Å². The minimum Gasteiger partial charge on any atom is -0.480 e. The number of unbranched alkanes of at least 4 members (excludes halogenated alkanes) is 1. The maximum Gasteiger partial charge on any atom is 0.323 e. The van der Waals surface area contributed by atoms with Crippen LogP contribution in [0.1, 0.15) is 33.1 Å². The summed E-state index contributed by atoms with van der Waals surface area (Å²) in [6.45, 7) is 7.03. The van der Waals surface area contributed by atoms with Crippen molar-refractivity contribution in [2.75, 3.05) is 47.6 Å². The molecule has 6 nitrogen and oxygen atoms in total. The Bertz CT molecular complexity index is 289. The van der Waals surface area contributed by atoms with Gasteiger partial charge in [-0.25, -0.2) is 0 Å². The van der Waals surface area contributed by atoms with Crippen LogP contribution in [0.3, 0.4) is 0 Å². The third-order valence-electron chi connectivity index (χ3n) is 4.01. The standard InChI is InChI=1S/C15H32N2O4/c1-13(12-21-5)17(10-11-20-4)9-7-6-8-15(2,16-3)14(18)19/h13,16H,6-12H2,1-5H3,(H,18,19). The summed E-state index contributed by atoms with van der Waals surface area (Å²) >= 11 is 0. The van der Waals surface area contributed by atoms with Crippen molar-refractivity contribution in [1.29, 1.82) is 0 Å². The normalized spacial score (nSPS) is 15.9. The van der Waals surface area contributed by atoms with Gasteiger partial charge in [0.05, 0.1) is 13.2 Å². The third-order valence-corrected chi connectivity index (χ3v) is 4.01. The van der Waals surface area contributed by atoms with Crippen LogP contribution in [0, 0.1) is 0 Å². The highest BCUT2D eigenvalue weighted by atomic mass is 16.5. The summed E-state index contributed by atoms with van der Waals surface area (Å²) < 4.78 is 10.3. The first-order chi connectivity index (χ1) is 9.91. The molecule has 0 aliphatic carbocycles.